The molecule has 2 fully saturated rings. The van der Waals surface area contributed by atoms with E-state index in [0.717, 1.165) is 45.3 Å². The Morgan fingerprint density at radius 3 is 2.52 bits per heavy atom. The molecule has 1 N–H and O–H groups in total. The number of likely N-dealkylation sites (tertiary alicyclic amines) is 1. The minimum absolute atomic E-state index is 0.00892. The maximum absolute atomic E-state index is 13.0. The summed E-state index contributed by atoms with van der Waals surface area (Å²) in [5, 5.41) is 3.30. The van der Waals surface area contributed by atoms with Gasteiger partial charge in [0.15, 0.2) is 0 Å². The first-order chi connectivity index (χ1) is 14.9. The molecular formula is C23H28ClN3O3S. The number of rotatable bonds is 6. The van der Waals surface area contributed by atoms with Gasteiger partial charge in [0.2, 0.25) is 10.0 Å². The summed E-state index contributed by atoms with van der Waals surface area (Å²) < 4.78 is 27.5. The van der Waals surface area contributed by atoms with Crippen LogP contribution in [0.3, 0.4) is 0 Å². The second kappa shape index (κ2) is 9.69. The van der Waals surface area contributed by atoms with E-state index < -0.39 is 10.0 Å². The molecule has 0 aliphatic carbocycles. The van der Waals surface area contributed by atoms with Crippen LogP contribution in [0.5, 0.6) is 0 Å². The predicted octanol–water partition coefficient (Wildman–Crippen LogP) is 3.52. The van der Waals surface area contributed by atoms with E-state index in [1.807, 2.05) is 18.2 Å². The average Bonchev–Trinajstić information content (AvgIpc) is 3.21. The SMILES string of the molecule is O=C(N[C@@H]1CCN(Cc2ccccc2)C1)c1cc(S(=O)(=O)N2CCCCC2)ccc1Cl. The van der Waals surface area contributed by atoms with Gasteiger partial charge in [-0.1, -0.05) is 48.4 Å². The first kappa shape index (κ1) is 22.3. The number of benzene rings is 2. The summed E-state index contributed by atoms with van der Waals surface area (Å²) in [6.07, 6.45) is 3.62. The average molecular weight is 462 g/mol. The molecule has 31 heavy (non-hydrogen) atoms. The van der Waals surface area contributed by atoms with Crippen LogP contribution in [-0.4, -0.2) is 55.8 Å². The lowest BCUT2D eigenvalue weighted by Gasteiger charge is -2.26. The van der Waals surface area contributed by atoms with Gasteiger partial charge in [0.1, 0.15) is 0 Å². The summed E-state index contributed by atoms with van der Waals surface area (Å²) in [6, 6.07) is 14.7. The molecule has 0 saturated carbocycles. The molecule has 2 saturated heterocycles. The molecule has 4 rings (SSSR count). The van der Waals surface area contributed by atoms with Gasteiger partial charge in [0, 0.05) is 38.8 Å². The van der Waals surface area contributed by atoms with Crippen LogP contribution in [0.4, 0.5) is 0 Å². The van der Waals surface area contributed by atoms with Crippen molar-refractivity contribution in [2.24, 2.45) is 0 Å². The molecular weight excluding hydrogens is 434 g/mol. The Hall–Kier alpha value is -1.93. The van der Waals surface area contributed by atoms with Crippen molar-refractivity contribution >= 4 is 27.5 Å². The first-order valence-corrected chi connectivity index (χ1v) is 12.6. The van der Waals surface area contributed by atoms with Crippen molar-refractivity contribution in [2.45, 2.75) is 43.2 Å². The summed E-state index contributed by atoms with van der Waals surface area (Å²) in [6.45, 7) is 3.54. The van der Waals surface area contributed by atoms with Crippen LogP contribution in [-0.2, 0) is 16.6 Å². The van der Waals surface area contributed by atoms with E-state index in [2.05, 4.69) is 22.3 Å². The largest absolute Gasteiger partial charge is 0.348 e. The van der Waals surface area contributed by atoms with Crippen LogP contribution >= 0.6 is 11.6 Å². The van der Waals surface area contributed by atoms with E-state index >= 15 is 0 Å². The maximum atomic E-state index is 13.0. The highest BCUT2D eigenvalue weighted by atomic mass is 35.5. The zero-order valence-electron chi connectivity index (χ0n) is 17.5. The van der Waals surface area contributed by atoms with Crippen LogP contribution in [0.2, 0.25) is 5.02 Å². The minimum atomic E-state index is -3.62. The second-order valence-corrected chi connectivity index (χ2v) is 10.6. The van der Waals surface area contributed by atoms with E-state index in [1.165, 1.54) is 28.1 Å². The number of carbonyl (C=O) groups excluding carboxylic acids is 1. The van der Waals surface area contributed by atoms with Crippen molar-refractivity contribution in [1.29, 1.82) is 0 Å². The number of carbonyl (C=O) groups is 1. The number of halogens is 1. The van der Waals surface area contributed by atoms with Crippen molar-refractivity contribution in [3.05, 3.63) is 64.7 Å². The highest BCUT2D eigenvalue weighted by Crippen LogP contribution is 2.25. The fourth-order valence-electron chi connectivity index (χ4n) is 4.29. The standard InChI is InChI=1S/C23H28ClN3O3S/c24-22-10-9-20(31(29,30)27-12-5-2-6-13-27)15-21(22)23(28)25-19-11-14-26(17-19)16-18-7-3-1-4-8-18/h1,3-4,7-10,15,19H,2,5-6,11-14,16-17H2,(H,25,28)/t19-/m1/s1. The van der Waals surface area contributed by atoms with Gasteiger partial charge in [0.25, 0.3) is 5.91 Å². The van der Waals surface area contributed by atoms with Crippen LogP contribution in [0.1, 0.15) is 41.6 Å². The number of sulfonamides is 1. The highest BCUT2D eigenvalue weighted by molar-refractivity contribution is 7.89. The third-order valence-corrected chi connectivity index (χ3v) is 8.22. The van der Waals surface area contributed by atoms with Crippen molar-refractivity contribution in [3.8, 4) is 0 Å². The monoisotopic (exact) mass is 461 g/mol. The normalized spacial score (nSPS) is 20.6. The van der Waals surface area contributed by atoms with Gasteiger partial charge in [0.05, 0.1) is 15.5 Å². The molecule has 8 heteroatoms. The molecule has 166 valence electrons. The third-order valence-electron chi connectivity index (χ3n) is 5.99. The Kier molecular flexibility index (Phi) is 6.96. The summed E-state index contributed by atoms with van der Waals surface area (Å²) in [7, 11) is -3.62. The number of piperidine rings is 1. The fraction of sp³-hybridized carbons (Fsp3) is 0.435. The van der Waals surface area contributed by atoms with Crippen molar-refractivity contribution in [3.63, 3.8) is 0 Å². The number of hydrogen-bond donors (Lipinski definition) is 1. The van der Waals surface area contributed by atoms with E-state index in [1.54, 1.807) is 0 Å². The zero-order valence-corrected chi connectivity index (χ0v) is 19.0. The Labute approximate surface area is 189 Å². The van der Waals surface area contributed by atoms with Gasteiger partial charge in [-0.05, 0) is 43.0 Å². The predicted molar refractivity (Wildman–Crippen MR) is 122 cm³/mol. The third kappa shape index (κ3) is 5.29. The first-order valence-electron chi connectivity index (χ1n) is 10.8. The molecule has 0 aromatic heterocycles. The molecule has 0 radical (unpaired) electrons. The van der Waals surface area contributed by atoms with Crippen molar-refractivity contribution in [2.75, 3.05) is 26.2 Å². The molecule has 0 bridgehead atoms. The topological polar surface area (TPSA) is 69.7 Å². The minimum Gasteiger partial charge on any atom is -0.348 e. The van der Waals surface area contributed by atoms with Gasteiger partial charge in [-0.25, -0.2) is 8.42 Å². The number of amides is 1. The molecule has 1 atom stereocenters. The summed E-state index contributed by atoms with van der Waals surface area (Å²) in [5.41, 5.74) is 1.45. The lowest BCUT2D eigenvalue weighted by molar-refractivity contribution is 0.0937. The summed E-state index contributed by atoms with van der Waals surface area (Å²) >= 11 is 6.27. The van der Waals surface area contributed by atoms with E-state index in [0.29, 0.717) is 13.1 Å². The van der Waals surface area contributed by atoms with Crippen molar-refractivity contribution in [1.82, 2.24) is 14.5 Å². The lowest BCUT2D eigenvalue weighted by atomic mass is 10.2. The maximum Gasteiger partial charge on any atom is 0.253 e. The molecule has 2 heterocycles. The zero-order chi connectivity index (χ0) is 21.8. The van der Waals surface area contributed by atoms with Gasteiger partial charge in [-0.3, -0.25) is 9.69 Å². The molecule has 6 nitrogen and oxygen atoms in total. The van der Waals surface area contributed by atoms with E-state index in [4.69, 9.17) is 11.6 Å². The molecule has 2 aliphatic heterocycles. The molecule has 2 aromatic rings. The molecule has 2 aliphatic rings. The highest BCUT2D eigenvalue weighted by Gasteiger charge is 2.29. The fourth-order valence-corrected chi connectivity index (χ4v) is 6.04. The van der Waals surface area contributed by atoms with Gasteiger partial charge in [-0.2, -0.15) is 4.31 Å². The molecule has 1 amide bonds. The number of nitrogens with one attached hydrogen (secondary N) is 1. The van der Waals surface area contributed by atoms with Gasteiger partial charge >= 0.3 is 0 Å². The lowest BCUT2D eigenvalue weighted by Crippen LogP contribution is -2.37. The Morgan fingerprint density at radius 2 is 1.77 bits per heavy atom. The van der Waals surface area contributed by atoms with Crippen LogP contribution in [0.25, 0.3) is 0 Å². The summed E-state index contributed by atoms with van der Waals surface area (Å²) in [5.74, 6) is -0.327. The smallest absolute Gasteiger partial charge is 0.253 e. The number of hydrogen-bond acceptors (Lipinski definition) is 4. The van der Waals surface area contributed by atoms with Gasteiger partial charge in [-0.15, -0.1) is 0 Å². The number of nitrogens with zero attached hydrogens (tertiary/aromatic N) is 2. The summed E-state index contributed by atoms with van der Waals surface area (Å²) in [4.78, 5) is 15.4. The van der Waals surface area contributed by atoms with Gasteiger partial charge < -0.3 is 5.32 Å². The molecule has 0 spiro atoms. The molecule has 0 unspecified atom stereocenters. The quantitative estimate of drug-likeness (QED) is 0.714. The van der Waals surface area contributed by atoms with Crippen LogP contribution in [0.15, 0.2) is 53.4 Å². The second-order valence-electron chi connectivity index (χ2n) is 8.29. The Morgan fingerprint density at radius 1 is 1.03 bits per heavy atom. The van der Waals surface area contributed by atoms with Crippen LogP contribution < -0.4 is 5.32 Å². The van der Waals surface area contributed by atoms with E-state index in [-0.39, 0.29) is 27.4 Å². The Bertz CT molecular complexity index is 1020. The molecule has 2 aromatic carbocycles. The van der Waals surface area contributed by atoms with Crippen LogP contribution in [0, 0.1) is 0 Å². The van der Waals surface area contributed by atoms with Crippen molar-refractivity contribution < 1.29 is 13.2 Å². The Balaban J connectivity index is 1.42. The van der Waals surface area contributed by atoms with E-state index in [9.17, 15) is 13.2 Å².